The molecule has 4 nitrogen and oxygen atoms in total. The van der Waals surface area contributed by atoms with Crippen molar-refractivity contribution in [1.82, 2.24) is 14.9 Å². The number of rotatable bonds is 1. The molecular weight excluding hydrogens is 245 g/mol. The van der Waals surface area contributed by atoms with Crippen LogP contribution in [-0.2, 0) is 0 Å². The third-order valence-corrected chi connectivity index (χ3v) is 3.23. The quantitative estimate of drug-likeness (QED) is 0.780. The Morgan fingerprint density at radius 3 is 2.88 bits per heavy atom. The predicted molar refractivity (Wildman–Crippen MR) is 62.9 cm³/mol. The summed E-state index contributed by atoms with van der Waals surface area (Å²) in [5, 5.41) is 3.36. The summed E-state index contributed by atoms with van der Waals surface area (Å²) in [6, 6.07) is 4.33. The molecular formula is C11H9ClFN3O. The number of nitrogens with zero attached hydrogens (tertiary/aromatic N) is 2. The minimum atomic E-state index is -0.527. The molecule has 0 aliphatic carbocycles. The smallest absolute Gasteiger partial charge is 0.262 e. The van der Waals surface area contributed by atoms with Gasteiger partial charge in [0.05, 0.1) is 11.4 Å². The van der Waals surface area contributed by atoms with Crippen LogP contribution in [0.5, 0.6) is 0 Å². The lowest BCUT2D eigenvalue weighted by Gasteiger charge is -2.29. The van der Waals surface area contributed by atoms with Crippen molar-refractivity contribution in [2.24, 2.45) is 0 Å². The van der Waals surface area contributed by atoms with Crippen molar-refractivity contribution in [3.05, 3.63) is 39.7 Å². The van der Waals surface area contributed by atoms with Crippen molar-refractivity contribution in [3.8, 4) is 0 Å². The van der Waals surface area contributed by atoms with Crippen LogP contribution in [0.15, 0.2) is 23.0 Å². The number of hydrogen-bond donors (Lipinski definition) is 1. The van der Waals surface area contributed by atoms with Gasteiger partial charge in [0, 0.05) is 13.1 Å². The van der Waals surface area contributed by atoms with Crippen molar-refractivity contribution in [1.29, 1.82) is 0 Å². The summed E-state index contributed by atoms with van der Waals surface area (Å²) in [6.07, 6.45) is 0. The van der Waals surface area contributed by atoms with Crippen molar-refractivity contribution in [2.75, 3.05) is 13.1 Å². The van der Waals surface area contributed by atoms with Gasteiger partial charge in [0.2, 0.25) is 5.28 Å². The molecule has 2 aromatic rings. The predicted octanol–water partition coefficient (Wildman–Crippen LogP) is 1.33. The maximum Gasteiger partial charge on any atom is 0.262 e. The lowest BCUT2D eigenvalue weighted by atomic mass is 10.1. The molecule has 1 N–H and O–H groups in total. The molecule has 0 bridgehead atoms. The fourth-order valence-corrected chi connectivity index (χ4v) is 2.23. The van der Waals surface area contributed by atoms with Gasteiger partial charge in [-0.05, 0) is 23.7 Å². The monoisotopic (exact) mass is 253 g/mol. The fraction of sp³-hybridized carbons (Fsp3) is 0.273. The maximum absolute atomic E-state index is 13.5. The highest BCUT2D eigenvalue weighted by Gasteiger charge is 2.24. The normalized spacial score (nSPS) is 16.1. The molecule has 2 heterocycles. The lowest BCUT2D eigenvalue weighted by Crippen LogP contribution is -2.47. The van der Waals surface area contributed by atoms with E-state index in [-0.39, 0.29) is 27.8 Å². The largest absolute Gasteiger partial charge is 0.313 e. The summed E-state index contributed by atoms with van der Waals surface area (Å²) in [6.45, 7) is 1.37. The summed E-state index contributed by atoms with van der Waals surface area (Å²) in [4.78, 5) is 16.1. The molecule has 1 saturated heterocycles. The average Bonchev–Trinajstić information content (AvgIpc) is 2.23. The molecule has 0 radical (unpaired) electrons. The van der Waals surface area contributed by atoms with Gasteiger partial charge in [-0.15, -0.1) is 0 Å². The first-order valence-electron chi connectivity index (χ1n) is 5.25. The van der Waals surface area contributed by atoms with Gasteiger partial charge in [-0.1, -0.05) is 6.07 Å². The number of aromatic nitrogens is 2. The van der Waals surface area contributed by atoms with Gasteiger partial charge in [0.15, 0.2) is 0 Å². The number of nitrogens with one attached hydrogen (secondary N) is 1. The van der Waals surface area contributed by atoms with E-state index in [0.717, 1.165) is 0 Å². The van der Waals surface area contributed by atoms with Crippen LogP contribution >= 0.6 is 11.6 Å². The van der Waals surface area contributed by atoms with Crippen LogP contribution in [0, 0.1) is 5.82 Å². The molecule has 1 aromatic carbocycles. The van der Waals surface area contributed by atoms with Gasteiger partial charge in [0.25, 0.3) is 5.56 Å². The Labute approximate surface area is 101 Å². The Balaban J connectivity index is 2.35. The van der Waals surface area contributed by atoms with Crippen LogP contribution in [0.2, 0.25) is 5.28 Å². The van der Waals surface area contributed by atoms with Gasteiger partial charge in [-0.2, -0.15) is 0 Å². The van der Waals surface area contributed by atoms with Crippen molar-refractivity contribution >= 4 is 22.5 Å². The van der Waals surface area contributed by atoms with Crippen molar-refractivity contribution < 1.29 is 4.39 Å². The number of benzene rings is 1. The summed E-state index contributed by atoms with van der Waals surface area (Å²) in [7, 11) is 0. The van der Waals surface area contributed by atoms with E-state index in [9.17, 15) is 9.18 Å². The zero-order valence-electron chi connectivity index (χ0n) is 8.78. The molecule has 0 amide bonds. The van der Waals surface area contributed by atoms with E-state index < -0.39 is 5.82 Å². The Morgan fingerprint density at radius 2 is 2.24 bits per heavy atom. The highest BCUT2D eigenvalue weighted by molar-refractivity contribution is 6.28. The zero-order valence-corrected chi connectivity index (χ0v) is 9.54. The van der Waals surface area contributed by atoms with Gasteiger partial charge in [-0.3, -0.25) is 9.36 Å². The molecule has 17 heavy (non-hydrogen) atoms. The number of fused-ring (bicyclic) bond motifs is 1. The minimum absolute atomic E-state index is 0.00941. The summed E-state index contributed by atoms with van der Waals surface area (Å²) in [5.41, 5.74) is -0.253. The number of hydrogen-bond acceptors (Lipinski definition) is 3. The first kappa shape index (κ1) is 10.7. The summed E-state index contributed by atoms with van der Waals surface area (Å²) in [5.74, 6) is -0.527. The fourth-order valence-electron chi connectivity index (χ4n) is 1.93. The van der Waals surface area contributed by atoms with Gasteiger partial charge >= 0.3 is 0 Å². The molecule has 6 heteroatoms. The van der Waals surface area contributed by atoms with Crippen molar-refractivity contribution in [2.45, 2.75) is 6.04 Å². The van der Waals surface area contributed by atoms with E-state index in [4.69, 9.17) is 11.6 Å². The summed E-state index contributed by atoms with van der Waals surface area (Å²) >= 11 is 5.95. The van der Waals surface area contributed by atoms with E-state index >= 15 is 0 Å². The topological polar surface area (TPSA) is 46.9 Å². The molecule has 0 unspecified atom stereocenters. The van der Waals surface area contributed by atoms with E-state index in [1.807, 2.05) is 0 Å². The number of halogens is 2. The van der Waals surface area contributed by atoms with Gasteiger partial charge in [0.1, 0.15) is 11.3 Å². The molecule has 0 saturated carbocycles. The van der Waals surface area contributed by atoms with Crippen LogP contribution in [-0.4, -0.2) is 22.6 Å². The van der Waals surface area contributed by atoms with E-state index in [1.54, 1.807) is 6.07 Å². The van der Waals surface area contributed by atoms with Crippen LogP contribution in [0.25, 0.3) is 10.9 Å². The molecule has 88 valence electrons. The lowest BCUT2D eigenvalue weighted by molar-refractivity contribution is 0.335. The molecule has 0 spiro atoms. The highest BCUT2D eigenvalue weighted by Crippen LogP contribution is 2.19. The molecule has 0 atom stereocenters. The third kappa shape index (κ3) is 1.54. The third-order valence-electron chi connectivity index (χ3n) is 2.96. The van der Waals surface area contributed by atoms with Gasteiger partial charge < -0.3 is 5.32 Å². The Bertz CT molecular complexity index is 651. The second-order valence-corrected chi connectivity index (χ2v) is 4.34. The number of para-hydroxylation sites is 1. The minimum Gasteiger partial charge on any atom is -0.313 e. The first-order valence-corrected chi connectivity index (χ1v) is 5.63. The average molecular weight is 254 g/mol. The second-order valence-electron chi connectivity index (χ2n) is 4.00. The Hall–Kier alpha value is -1.46. The molecule has 1 aromatic heterocycles. The van der Waals surface area contributed by atoms with E-state index in [0.29, 0.717) is 13.1 Å². The second kappa shape index (κ2) is 3.78. The van der Waals surface area contributed by atoms with E-state index in [1.165, 1.54) is 16.7 Å². The first-order chi connectivity index (χ1) is 8.18. The Kier molecular flexibility index (Phi) is 2.38. The highest BCUT2D eigenvalue weighted by atomic mass is 35.5. The van der Waals surface area contributed by atoms with Crippen molar-refractivity contribution in [3.63, 3.8) is 0 Å². The summed E-state index contributed by atoms with van der Waals surface area (Å²) < 4.78 is 14.9. The van der Waals surface area contributed by atoms with Crippen LogP contribution in [0.1, 0.15) is 6.04 Å². The standard InChI is InChI=1S/C11H9ClFN3O/c12-11-15-9-7(2-1-3-8(9)13)10(17)16(11)6-4-14-5-6/h1-3,6,14H,4-5H2. The van der Waals surface area contributed by atoms with E-state index in [2.05, 4.69) is 10.3 Å². The van der Waals surface area contributed by atoms with Crippen LogP contribution < -0.4 is 10.9 Å². The zero-order chi connectivity index (χ0) is 12.0. The molecule has 3 rings (SSSR count). The molecule has 1 aliphatic heterocycles. The maximum atomic E-state index is 13.5. The molecule has 1 aliphatic rings. The van der Waals surface area contributed by atoms with Gasteiger partial charge in [-0.25, -0.2) is 9.37 Å². The van der Waals surface area contributed by atoms with Crippen LogP contribution in [0.4, 0.5) is 4.39 Å². The molecule has 1 fully saturated rings. The van der Waals surface area contributed by atoms with Crippen LogP contribution in [0.3, 0.4) is 0 Å². The SMILES string of the molecule is O=c1c2cccc(F)c2nc(Cl)n1C1CNC1. The Morgan fingerprint density at radius 1 is 1.47 bits per heavy atom.